The molecule has 30 heavy (non-hydrogen) atoms. The van der Waals surface area contributed by atoms with Gasteiger partial charge in [0.25, 0.3) is 0 Å². The number of fused-ring (bicyclic) bond motifs is 1. The van der Waals surface area contributed by atoms with Crippen LogP contribution in [0.5, 0.6) is 0 Å². The minimum atomic E-state index is -3.36. The molecule has 156 valence electrons. The first-order chi connectivity index (χ1) is 14.4. The van der Waals surface area contributed by atoms with Gasteiger partial charge in [0.1, 0.15) is 5.82 Å². The maximum atomic E-state index is 12.5. The Labute approximate surface area is 177 Å². The number of rotatable bonds is 6. The highest BCUT2D eigenvalue weighted by atomic mass is 32.2. The van der Waals surface area contributed by atoms with E-state index < -0.39 is 10.0 Å². The predicted octanol–water partition coefficient (Wildman–Crippen LogP) is 3.77. The number of nitrogens with zero attached hydrogens (tertiary/aromatic N) is 4. The molecule has 1 aliphatic carbocycles. The molecule has 0 radical (unpaired) electrons. The monoisotopic (exact) mass is 423 g/mol. The number of aryl methyl sites for hydroxylation is 1. The van der Waals surface area contributed by atoms with Crippen LogP contribution in [0.15, 0.2) is 42.5 Å². The van der Waals surface area contributed by atoms with E-state index in [-0.39, 0.29) is 6.04 Å². The molecule has 2 aromatic carbocycles. The van der Waals surface area contributed by atoms with Crippen LogP contribution in [0.4, 0.5) is 11.4 Å². The highest BCUT2D eigenvalue weighted by Gasteiger charge is 2.29. The van der Waals surface area contributed by atoms with E-state index >= 15 is 0 Å². The van der Waals surface area contributed by atoms with Gasteiger partial charge in [-0.25, -0.2) is 13.4 Å². The summed E-state index contributed by atoms with van der Waals surface area (Å²) in [4.78, 5) is 4.74. The van der Waals surface area contributed by atoms with Crippen molar-refractivity contribution in [3.8, 4) is 6.07 Å². The molecule has 3 aromatic rings. The Kier molecular flexibility index (Phi) is 5.39. The van der Waals surface area contributed by atoms with Gasteiger partial charge in [0.15, 0.2) is 0 Å². The lowest BCUT2D eigenvalue weighted by Crippen LogP contribution is -2.38. The molecule has 1 N–H and O–H groups in total. The van der Waals surface area contributed by atoms with Crippen molar-refractivity contribution in [1.29, 1.82) is 5.26 Å². The number of nitriles is 1. The van der Waals surface area contributed by atoms with Gasteiger partial charge in [-0.15, -0.1) is 0 Å². The van der Waals surface area contributed by atoms with E-state index in [4.69, 9.17) is 10.2 Å². The van der Waals surface area contributed by atoms with Crippen LogP contribution in [0, 0.1) is 11.3 Å². The van der Waals surface area contributed by atoms with Crippen molar-refractivity contribution in [2.45, 2.75) is 38.3 Å². The van der Waals surface area contributed by atoms with Gasteiger partial charge in [-0.2, -0.15) is 5.26 Å². The number of nitrogens with one attached hydrogen (secondary N) is 1. The standard InChI is InChI=1S/C22H25N5O2S/c1-26-21-12-11-19(27(30(2,28)29)18-5-3-4-6-18)13-20(21)25-22(26)15-24-17-9-7-16(14-23)8-10-17/h7-13,18,24H,3-6,15H2,1-2H3. The Morgan fingerprint density at radius 1 is 1.20 bits per heavy atom. The Morgan fingerprint density at radius 2 is 1.90 bits per heavy atom. The van der Waals surface area contributed by atoms with E-state index in [0.717, 1.165) is 48.2 Å². The van der Waals surface area contributed by atoms with Gasteiger partial charge in [-0.1, -0.05) is 12.8 Å². The number of imidazole rings is 1. The van der Waals surface area contributed by atoms with Crippen molar-refractivity contribution in [1.82, 2.24) is 9.55 Å². The maximum absolute atomic E-state index is 12.5. The third-order valence-corrected chi connectivity index (χ3v) is 6.91. The van der Waals surface area contributed by atoms with Crippen LogP contribution in [0.1, 0.15) is 37.1 Å². The second-order valence-electron chi connectivity index (χ2n) is 7.80. The molecule has 0 atom stereocenters. The highest BCUT2D eigenvalue weighted by Crippen LogP contribution is 2.32. The lowest BCUT2D eigenvalue weighted by atomic mass is 10.2. The average Bonchev–Trinajstić information content (AvgIpc) is 3.34. The number of hydrogen-bond donors (Lipinski definition) is 1. The third kappa shape index (κ3) is 3.98. The Morgan fingerprint density at radius 3 is 2.53 bits per heavy atom. The van der Waals surface area contributed by atoms with Crippen molar-refractivity contribution < 1.29 is 8.42 Å². The lowest BCUT2D eigenvalue weighted by Gasteiger charge is -2.28. The number of hydrogen-bond acceptors (Lipinski definition) is 5. The van der Waals surface area contributed by atoms with Crippen LogP contribution < -0.4 is 9.62 Å². The summed E-state index contributed by atoms with van der Waals surface area (Å²) in [6, 6.07) is 15.1. The van der Waals surface area contributed by atoms with Gasteiger partial charge in [0.2, 0.25) is 10.0 Å². The van der Waals surface area contributed by atoms with E-state index in [1.54, 1.807) is 16.4 Å². The minimum absolute atomic E-state index is 0.0266. The molecule has 0 saturated heterocycles. The SMILES string of the molecule is Cn1c(CNc2ccc(C#N)cc2)nc2cc(N(C3CCCC3)S(C)(=O)=O)ccc21. The van der Waals surface area contributed by atoms with Crippen LogP contribution in [0.3, 0.4) is 0 Å². The minimum Gasteiger partial charge on any atom is -0.378 e. The molecular formula is C22H25N5O2S. The fraction of sp³-hybridized carbons (Fsp3) is 0.364. The average molecular weight is 424 g/mol. The zero-order chi connectivity index (χ0) is 21.3. The van der Waals surface area contributed by atoms with E-state index in [9.17, 15) is 8.42 Å². The first kappa shape index (κ1) is 20.2. The zero-order valence-electron chi connectivity index (χ0n) is 17.2. The maximum Gasteiger partial charge on any atom is 0.232 e. The summed E-state index contributed by atoms with van der Waals surface area (Å²) < 4.78 is 28.6. The van der Waals surface area contributed by atoms with Crippen LogP contribution in [0.2, 0.25) is 0 Å². The van der Waals surface area contributed by atoms with Crippen molar-refractivity contribution in [2.75, 3.05) is 15.9 Å². The van der Waals surface area contributed by atoms with Crippen molar-refractivity contribution >= 4 is 32.4 Å². The van der Waals surface area contributed by atoms with E-state index in [1.165, 1.54) is 6.26 Å². The smallest absolute Gasteiger partial charge is 0.232 e. The largest absolute Gasteiger partial charge is 0.378 e. The Bertz CT molecular complexity index is 1200. The quantitative estimate of drug-likeness (QED) is 0.652. The summed E-state index contributed by atoms with van der Waals surface area (Å²) >= 11 is 0. The molecule has 0 spiro atoms. The fourth-order valence-electron chi connectivity index (χ4n) is 4.19. The van der Waals surface area contributed by atoms with E-state index in [2.05, 4.69) is 11.4 Å². The lowest BCUT2D eigenvalue weighted by molar-refractivity contribution is 0.580. The van der Waals surface area contributed by atoms with Crippen LogP contribution in [0.25, 0.3) is 11.0 Å². The summed E-state index contributed by atoms with van der Waals surface area (Å²) in [5.74, 6) is 0.846. The van der Waals surface area contributed by atoms with Crippen LogP contribution in [-0.2, 0) is 23.6 Å². The van der Waals surface area contributed by atoms with Gasteiger partial charge >= 0.3 is 0 Å². The topological polar surface area (TPSA) is 91.0 Å². The molecule has 7 nitrogen and oxygen atoms in total. The van der Waals surface area contributed by atoms with Gasteiger partial charge in [0, 0.05) is 18.8 Å². The molecule has 8 heteroatoms. The number of benzene rings is 2. The predicted molar refractivity (Wildman–Crippen MR) is 119 cm³/mol. The van der Waals surface area contributed by atoms with E-state index in [0.29, 0.717) is 17.8 Å². The molecular weight excluding hydrogens is 398 g/mol. The number of anilines is 2. The summed E-state index contributed by atoms with van der Waals surface area (Å²) in [6.07, 6.45) is 5.20. The first-order valence-corrected chi connectivity index (χ1v) is 11.9. The summed E-state index contributed by atoms with van der Waals surface area (Å²) in [7, 11) is -1.41. The van der Waals surface area contributed by atoms with Crippen molar-refractivity contribution in [2.24, 2.45) is 7.05 Å². The van der Waals surface area contributed by atoms with Crippen molar-refractivity contribution in [3.05, 3.63) is 53.9 Å². The van der Waals surface area contributed by atoms with Crippen molar-refractivity contribution in [3.63, 3.8) is 0 Å². The van der Waals surface area contributed by atoms with Gasteiger partial charge in [-0.05, 0) is 55.3 Å². The normalized spacial score (nSPS) is 14.7. The molecule has 4 rings (SSSR count). The van der Waals surface area contributed by atoms with E-state index in [1.807, 2.05) is 41.9 Å². The molecule has 1 aromatic heterocycles. The molecule has 0 bridgehead atoms. The fourth-order valence-corrected chi connectivity index (χ4v) is 5.44. The molecule has 1 fully saturated rings. The molecule has 0 amide bonds. The summed E-state index contributed by atoms with van der Waals surface area (Å²) in [5, 5.41) is 12.2. The summed E-state index contributed by atoms with van der Waals surface area (Å²) in [5.41, 5.74) is 3.94. The Balaban J connectivity index is 1.61. The molecule has 1 heterocycles. The highest BCUT2D eigenvalue weighted by molar-refractivity contribution is 7.92. The Hall–Kier alpha value is -3.05. The third-order valence-electron chi connectivity index (χ3n) is 5.69. The van der Waals surface area contributed by atoms with Crippen LogP contribution in [-0.4, -0.2) is 30.3 Å². The zero-order valence-corrected chi connectivity index (χ0v) is 18.0. The van der Waals surface area contributed by atoms with Gasteiger partial charge in [0.05, 0.1) is 41.2 Å². The molecule has 0 aliphatic heterocycles. The van der Waals surface area contributed by atoms with Gasteiger partial charge < -0.3 is 9.88 Å². The number of sulfonamides is 1. The van der Waals surface area contributed by atoms with Crippen LogP contribution >= 0.6 is 0 Å². The second-order valence-corrected chi connectivity index (χ2v) is 9.66. The second kappa shape index (κ2) is 8.00. The molecule has 0 unspecified atom stereocenters. The first-order valence-electron chi connectivity index (χ1n) is 10.1. The molecule has 1 saturated carbocycles. The molecule has 1 aliphatic rings. The number of aromatic nitrogens is 2. The summed E-state index contributed by atoms with van der Waals surface area (Å²) in [6.45, 7) is 0.519. The van der Waals surface area contributed by atoms with Gasteiger partial charge in [-0.3, -0.25) is 4.31 Å².